The Kier molecular flexibility index (Phi) is 5.67. The van der Waals surface area contributed by atoms with Crippen LogP contribution >= 0.6 is 15.9 Å². The number of hydrogen-bond donors (Lipinski definition) is 1. The fourth-order valence-electron chi connectivity index (χ4n) is 1.53. The maximum atomic E-state index is 10.2. The lowest BCUT2D eigenvalue weighted by Gasteiger charge is -2.06. The van der Waals surface area contributed by atoms with Crippen molar-refractivity contribution in [2.45, 2.75) is 20.0 Å². The summed E-state index contributed by atoms with van der Waals surface area (Å²) in [4.78, 5) is 2.94. The van der Waals surface area contributed by atoms with Crippen molar-refractivity contribution >= 4 is 15.9 Å². The Balaban J connectivity index is 0.000000861. The van der Waals surface area contributed by atoms with Gasteiger partial charge in [-0.3, -0.25) is 4.68 Å². The number of pyridine rings is 1. The lowest BCUT2D eigenvalue weighted by Crippen LogP contribution is -2.10. The summed E-state index contributed by atoms with van der Waals surface area (Å²) in [6.45, 7) is 4.00. The summed E-state index contributed by atoms with van der Waals surface area (Å²) in [5.74, 6) is 0. The Bertz CT molecular complexity index is 589. The summed E-state index contributed by atoms with van der Waals surface area (Å²) in [6, 6.07) is 7.15. The van der Waals surface area contributed by atoms with E-state index in [1.54, 1.807) is 31.4 Å². The molecule has 0 aliphatic carbocycles. The maximum Gasteiger partial charge on any atom is 0.252 e. The van der Waals surface area contributed by atoms with Crippen molar-refractivity contribution in [3.8, 4) is 6.07 Å². The molecular weight excluding hydrogens is 308 g/mol. The molecule has 0 bridgehead atoms. The van der Waals surface area contributed by atoms with E-state index < -0.39 is 6.10 Å². The molecule has 19 heavy (non-hydrogen) atoms. The van der Waals surface area contributed by atoms with Crippen LogP contribution < -0.4 is 4.98 Å². The highest BCUT2D eigenvalue weighted by molar-refractivity contribution is 9.10. The van der Waals surface area contributed by atoms with Crippen LogP contribution in [0.5, 0.6) is 0 Å². The summed E-state index contributed by atoms with van der Waals surface area (Å²) < 4.78 is 2.13. The Morgan fingerprint density at radius 2 is 2.21 bits per heavy atom. The van der Waals surface area contributed by atoms with E-state index in [2.05, 4.69) is 26.0 Å². The van der Waals surface area contributed by atoms with Crippen molar-refractivity contribution in [1.29, 1.82) is 5.26 Å². The number of nitrogens with zero attached hydrogens (tertiary/aromatic N) is 3. The van der Waals surface area contributed by atoms with Gasteiger partial charge in [0, 0.05) is 35.1 Å². The highest BCUT2D eigenvalue weighted by Crippen LogP contribution is 2.24. The van der Waals surface area contributed by atoms with Gasteiger partial charge in [-0.15, -0.1) is 0 Å². The van der Waals surface area contributed by atoms with Crippen LogP contribution in [0.15, 0.2) is 29.0 Å². The van der Waals surface area contributed by atoms with Crippen molar-refractivity contribution in [2.75, 3.05) is 0 Å². The van der Waals surface area contributed by atoms with Gasteiger partial charge in [-0.2, -0.15) is 10.4 Å². The van der Waals surface area contributed by atoms with Gasteiger partial charge in [0.15, 0.2) is 6.20 Å². The van der Waals surface area contributed by atoms with E-state index in [0.717, 1.165) is 0 Å². The van der Waals surface area contributed by atoms with E-state index in [4.69, 9.17) is 5.26 Å². The fourth-order valence-corrected chi connectivity index (χ4v) is 2.01. The predicted octanol–water partition coefficient (Wildman–Crippen LogP) is 1.98. The molecule has 5 nitrogen and oxygen atoms in total. The SMILES string of the molecule is CC.Cn1nc(C(O)c2ccc[nH+]c2Br)cc1C#N. The number of hydrogen-bond acceptors (Lipinski definition) is 3. The normalized spacial score (nSPS) is 11.2. The molecule has 2 heterocycles. The Morgan fingerprint density at radius 3 is 2.74 bits per heavy atom. The second-order valence-corrected chi connectivity index (χ2v) is 4.32. The molecule has 6 heteroatoms. The van der Waals surface area contributed by atoms with E-state index in [1.807, 2.05) is 19.9 Å². The Labute approximate surface area is 120 Å². The van der Waals surface area contributed by atoms with E-state index in [0.29, 0.717) is 21.6 Å². The van der Waals surface area contributed by atoms with Crippen LogP contribution in [-0.2, 0) is 7.05 Å². The largest absolute Gasteiger partial charge is 0.382 e. The first-order valence-corrected chi connectivity index (χ1v) is 6.71. The number of aliphatic hydroxyl groups excluding tert-OH is 1. The number of aromatic nitrogens is 3. The third-order valence-electron chi connectivity index (χ3n) is 2.42. The molecule has 2 rings (SSSR count). The van der Waals surface area contributed by atoms with Gasteiger partial charge in [0.05, 0.1) is 11.3 Å². The van der Waals surface area contributed by atoms with Gasteiger partial charge in [0.1, 0.15) is 17.9 Å². The minimum Gasteiger partial charge on any atom is -0.382 e. The monoisotopic (exact) mass is 323 g/mol. The number of nitriles is 1. The average Bonchev–Trinajstić information content (AvgIpc) is 2.82. The minimum absolute atomic E-state index is 0.412. The molecule has 0 aromatic carbocycles. The lowest BCUT2D eigenvalue weighted by molar-refractivity contribution is -0.393. The summed E-state index contributed by atoms with van der Waals surface area (Å²) in [7, 11) is 1.67. The standard InChI is InChI=1S/C11H9BrN4O.C2H6/c1-16-7(6-13)5-9(15-16)10(17)8-3-2-4-14-11(8)12;1-2/h2-5,10,17H,1H3;1-2H3/p+1. The highest BCUT2D eigenvalue weighted by Gasteiger charge is 2.20. The van der Waals surface area contributed by atoms with Crippen molar-refractivity contribution in [2.24, 2.45) is 7.05 Å². The third kappa shape index (κ3) is 3.40. The molecule has 0 fully saturated rings. The number of aryl methyl sites for hydroxylation is 1. The molecule has 0 radical (unpaired) electrons. The number of aliphatic hydroxyl groups is 1. The number of halogens is 1. The van der Waals surface area contributed by atoms with Crippen LogP contribution in [0.4, 0.5) is 0 Å². The fraction of sp³-hybridized carbons (Fsp3) is 0.308. The lowest BCUT2D eigenvalue weighted by atomic mass is 10.1. The molecule has 0 spiro atoms. The second kappa shape index (κ2) is 7.02. The second-order valence-electron chi connectivity index (χ2n) is 3.53. The molecular formula is C13H16BrN4O+. The van der Waals surface area contributed by atoms with Gasteiger partial charge in [-0.25, -0.2) is 4.98 Å². The van der Waals surface area contributed by atoms with Gasteiger partial charge < -0.3 is 5.11 Å². The summed E-state index contributed by atoms with van der Waals surface area (Å²) in [5.41, 5.74) is 1.54. The van der Waals surface area contributed by atoms with E-state index >= 15 is 0 Å². The number of H-pyrrole nitrogens is 1. The van der Waals surface area contributed by atoms with Crippen molar-refractivity contribution in [3.63, 3.8) is 0 Å². The zero-order valence-corrected chi connectivity index (χ0v) is 12.6. The first-order chi connectivity index (χ1) is 9.13. The molecule has 0 saturated carbocycles. The van der Waals surface area contributed by atoms with Crippen LogP contribution in [-0.4, -0.2) is 14.9 Å². The van der Waals surface area contributed by atoms with Gasteiger partial charge in [0.25, 0.3) is 4.60 Å². The molecule has 2 aromatic heterocycles. The molecule has 2 aromatic rings. The highest BCUT2D eigenvalue weighted by atomic mass is 79.9. The molecule has 2 N–H and O–H groups in total. The minimum atomic E-state index is -0.866. The van der Waals surface area contributed by atoms with Crippen LogP contribution in [0, 0.1) is 11.3 Å². The summed E-state index contributed by atoms with van der Waals surface area (Å²) in [5, 5.41) is 23.1. The molecule has 100 valence electrons. The van der Waals surface area contributed by atoms with E-state index in [1.165, 1.54) is 4.68 Å². The Hall–Kier alpha value is -1.71. The number of aromatic amines is 1. The van der Waals surface area contributed by atoms with Gasteiger partial charge >= 0.3 is 0 Å². The Morgan fingerprint density at radius 1 is 1.53 bits per heavy atom. The first kappa shape index (κ1) is 15.3. The van der Waals surface area contributed by atoms with Crippen LogP contribution in [0.25, 0.3) is 0 Å². The van der Waals surface area contributed by atoms with Crippen LogP contribution in [0.2, 0.25) is 0 Å². The van der Waals surface area contributed by atoms with Crippen LogP contribution in [0.1, 0.15) is 36.9 Å². The maximum absolute atomic E-state index is 10.2. The molecule has 1 atom stereocenters. The molecule has 0 aliphatic heterocycles. The van der Waals surface area contributed by atoms with Gasteiger partial charge in [0.2, 0.25) is 0 Å². The molecule has 0 amide bonds. The van der Waals surface area contributed by atoms with Crippen molar-refractivity contribution < 1.29 is 10.1 Å². The van der Waals surface area contributed by atoms with E-state index in [9.17, 15) is 5.11 Å². The zero-order valence-electron chi connectivity index (χ0n) is 11.1. The zero-order chi connectivity index (χ0) is 14.4. The molecule has 0 aliphatic rings. The summed E-state index contributed by atoms with van der Waals surface area (Å²) in [6.07, 6.45) is 0.884. The number of nitrogens with one attached hydrogen (secondary N) is 1. The molecule has 1 unspecified atom stereocenters. The first-order valence-electron chi connectivity index (χ1n) is 5.91. The number of rotatable bonds is 2. The van der Waals surface area contributed by atoms with Crippen molar-refractivity contribution in [3.05, 3.63) is 46.0 Å². The smallest absolute Gasteiger partial charge is 0.252 e. The quantitative estimate of drug-likeness (QED) is 0.858. The molecule has 0 saturated heterocycles. The van der Waals surface area contributed by atoms with Gasteiger partial charge in [-0.05, 0) is 6.07 Å². The van der Waals surface area contributed by atoms with E-state index in [-0.39, 0.29) is 0 Å². The average molecular weight is 324 g/mol. The van der Waals surface area contributed by atoms with Gasteiger partial charge in [-0.1, -0.05) is 13.8 Å². The topological polar surface area (TPSA) is 76.0 Å². The third-order valence-corrected chi connectivity index (χ3v) is 3.11. The predicted molar refractivity (Wildman–Crippen MR) is 74.0 cm³/mol. The van der Waals surface area contributed by atoms with Crippen LogP contribution in [0.3, 0.4) is 0 Å². The van der Waals surface area contributed by atoms with Crippen molar-refractivity contribution in [1.82, 2.24) is 9.78 Å². The summed E-state index contributed by atoms with van der Waals surface area (Å²) >= 11 is 3.32.